The number of carbonyl (C=O) groups is 4. The first-order chi connectivity index (χ1) is 15.3. The van der Waals surface area contributed by atoms with E-state index in [1.54, 1.807) is 34.6 Å². The van der Waals surface area contributed by atoms with Crippen molar-refractivity contribution in [1.29, 1.82) is 0 Å². The fourth-order valence-electron chi connectivity index (χ4n) is 3.43. The van der Waals surface area contributed by atoms with Crippen molar-refractivity contribution < 1.29 is 48.3 Å². The lowest BCUT2D eigenvalue weighted by Gasteiger charge is -2.26. The van der Waals surface area contributed by atoms with Crippen molar-refractivity contribution in [3.05, 3.63) is 0 Å². The molecule has 0 aromatic heterocycles. The van der Waals surface area contributed by atoms with Crippen LogP contribution in [0.25, 0.3) is 0 Å². The van der Waals surface area contributed by atoms with Crippen molar-refractivity contribution >= 4 is 23.9 Å². The third kappa shape index (κ3) is 11.5. The number of hydrogen-bond donors (Lipinski definition) is 2. The van der Waals surface area contributed by atoms with Gasteiger partial charge in [-0.05, 0) is 33.6 Å². The second-order valence-corrected chi connectivity index (χ2v) is 7.91. The maximum absolute atomic E-state index is 11.7. The molecule has 0 aromatic rings. The van der Waals surface area contributed by atoms with E-state index in [0.29, 0.717) is 12.8 Å². The van der Waals surface area contributed by atoms with Crippen LogP contribution in [0.2, 0.25) is 0 Å². The third-order valence-corrected chi connectivity index (χ3v) is 5.24. The number of rotatable bonds is 14. The van der Waals surface area contributed by atoms with Gasteiger partial charge in [0.05, 0.1) is 48.6 Å². The molecular formula is C23H42O10. The van der Waals surface area contributed by atoms with Crippen LogP contribution in [0.3, 0.4) is 0 Å². The molecule has 0 rings (SSSR count). The maximum Gasteiger partial charge on any atom is 0.310 e. The van der Waals surface area contributed by atoms with Gasteiger partial charge in [0.25, 0.3) is 0 Å². The molecule has 194 valence electrons. The van der Waals surface area contributed by atoms with Gasteiger partial charge in [-0.25, -0.2) is 0 Å². The molecule has 0 fully saturated rings. The molecule has 0 aromatic carbocycles. The zero-order valence-corrected chi connectivity index (χ0v) is 21.3. The first-order valence-electron chi connectivity index (χ1n) is 11.2. The monoisotopic (exact) mass is 478 g/mol. The molecule has 0 bridgehead atoms. The Kier molecular flexibility index (Phi) is 17.3. The summed E-state index contributed by atoms with van der Waals surface area (Å²) in [5, 5.41) is 18.3. The Morgan fingerprint density at radius 1 is 0.697 bits per heavy atom. The minimum Gasteiger partial charge on any atom is -0.481 e. The van der Waals surface area contributed by atoms with E-state index in [9.17, 15) is 24.3 Å². The minimum atomic E-state index is -1.04. The van der Waals surface area contributed by atoms with Crippen molar-refractivity contribution in [2.45, 2.75) is 79.6 Å². The van der Waals surface area contributed by atoms with Gasteiger partial charge in [-0.15, -0.1) is 0 Å². The highest BCUT2D eigenvalue weighted by atomic mass is 16.5. The molecular weight excluding hydrogens is 436 g/mol. The second-order valence-electron chi connectivity index (χ2n) is 7.91. The summed E-state index contributed by atoms with van der Waals surface area (Å²) in [5.41, 5.74) is 0. The SMILES string of the molecule is CCC(OC)C(C(=O)O)C(C)C(=O)OC(C)C.CCOC(=O)C(C)C(C(=O)O)C(CC)OC. The zero-order valence-electron chi connectivity index (χ0n) is 21.3. The highest BCUT2D eigenvalue weighted by molar-refractivity contribution is 5.82. The van der Waals surface area contributed by atoms with E-state index in [4.69, 9.17) is 24.1 Å². The van der Waals surface area contributed by atoms with Crippen molar-refractivity contribution in [2.24, 2.45) is 23.7 Å². The Balaban J connectivity index is 0. The Morgan fingerprint density at radius 2 is 1.06 bits per heavy atom. The van der Waals surface area contributed by atoms with Crippen molar-refractivity contribution in [2.75, 3.05) is 20.8 Å². The number of methoxy groups -OCH3 is 2. The Labute approximate surface area is 196 Å². The predicted molar refractivity (Wildman–Crippen MR) is 121 cm³/mol. The number of carboxylic acids is 2. The molecule has 33 heavy (non-hydrogen) atoms. The Bertz CT molecular complexity index is 596. The third-order valence-electron chi connectivity index (χ3n) is 5.24. The lowest BCUT2D eigenvalue weighted by atomic mass is 9.87. The summed E-state index contributed by atoms with van der Waals surface area (Å²) in [6.45, 7) is 12.2. The molecule has 0 saturated heterocycles. The number of carboxylic acid groups (broad SMARTS) is 2. The van der Waals surface area contributed by atoms with Gasteiger partial charge in [-0.3, -0.25) is 19.2 Å². The van der Waals surface area contributed by atoms with Crippen LogP contribution in [-0.4, -0.2) is 73.2 Å². The predicted octanol–water partition coefficient (Wildman–Crippen LogP) is 3.01. The van der Waals surface area contributed by atoms with Gasteiger partial charge in [-0.1, -0.05) is 27.7 Å². The Morgan fingerprint density at radius 3 is 1.30 bits per heavy atom. The van der Waals surface area contributed by atoms with E-state index >= 15 is 0 Å². The second kappa shape index (κ2) is 17.3. The quantitative estimate of drug-likeness (QED) is 0.357. The summed E-state index contributed by atoms with van der Waals surface area (Å²) >= 11 is 0. The summed E-state index contributed by atoms with van der Waals surface area (Å²) in [7, 11) is 2.90. The van der Waals surface area contributed by atoms with Crippen LogP contribution in [0.4, 0.5) is 0 Å². The van der Waals surface area contributed by atoms with Crippen LogP contribution >= 0.6 is 0 Å². The van der Waals surface area contributed by atoms with Gasteiger partial charge < -0.3 is 29.2 Å². The Hall–Kier alpha value is -2.20. The van der Waals surface area contributed by atoms with Crippen LogP contribution < -0.4 is 0 Å². The molecule has 0 amide bonds. The van der Waals surface area contributed by atoms with E-state index in [2.05, 4.69) is 0 Å². The van der Waals surface area contributed by atoms with Crippen LogP contribution in [0.1, 0.15) is 61.3 Å². The summed E-state index contributed by atoms with van der Waals surface area (Å²) < 4.78 is 20.0. The molecule has 0 heterocycles. The number of hydrogen-bond acceptors (Lipinski definition) is 8. The number of carbonyl (C=O) groups excluding carboxylic acids is 2. The minimum absolute atomic E-state index is 0.248. The molecule has 0 saturated carbocycles. The molecule has 10 nitrogen and oxygen atoms in total. The first kappa shape index (κ1) is 33.0. The van der Waals surface area contributed by atoms with Crippen molar-refractivity contribution in [3.63, 3.8) is 0 Å². The molecule has 6 atom stereocenters. The van der Waals surface area contributed by atoms with Gasteiger partial charge in [0, 0.05) is 14.2 Å². The lowest BCUT2D eigenvalue weighted by Crippen LogP contribution is -2.39. The van der Waals surface area contributed by atoms with Crippen LogP contribution in [0.5, 0.6) is 0 Å². The van der Waals surface area contributed by atoms with E-state index < -0.39 is 59.8 Å². The normalized spacial score (nSPS) is 16.3. The summed E-state index contributed by atoms with van der Waals surface area (Å²) in [5.74, 6) is -6.23. The molecule has 6 unspecified atom stereocenters. The standard InChI is InChI=1S/C12H22O5.C11H20O5/c1-6-9(16-5)10(11(13)14)8(4)12(15)17-7(2)3;1-5-8(15-4)9(10(12)13)7(3)11(14)16-6-2/h7-10H,6H2,1-5H3,(H,13,14);7-9H,5-6H2,1-4H3,(H,12,13). The van der Waals surface area contributed by atoms with Crippen LogP contribution in [0, 0.1) is 23.7 Å². The topological polar surface area (TPSA) is 146 Å². The van der Waals surface area contributed by atoms with Gasteiger partial charge in [-0.2, -0.15) is 0 Å². The summed E-state index contributed by atoms with van der Waals surface area (Å²) in [6.07, 6.45) is -0.134. The number of aliphatic carboxylic acids is 2. The molecule has 10 heteroatoms. The fourth-order valence-corrected chi connectivity index (χ4v) is 3.43. The van der Waals surface area contributed by atoms with Crippen molar-refractivity contribution in [1.82, 2.24) is 0 Å². The number of ether oxygens (including phenoxy) is 4. The average Bonchev–Trinajstić information content (AvgIpc) is 2.74. The highest BCUT2D eigenvalue weighted by Gasteiger charge is 2.38. The van der Waals surface area contributed by atoms with E-state index in [0.717, 1.165) is 0 Å². The van der Waals surface area contributed by atoms with Gasteiger partial charge in [0.1, 0.15) is 0 Å². The van der Waals surface area contributed by atoms with Crippen LogP contribution in [-0.2, 0) is 38.1 Å². The largest absolute Gasteiger partial charge is 0.481 e. The number of esters is 2. The van der Waals surface area contributed by atoms with Gasteiger partial charge >= 0.3 is 23.9 Å². The lowest BCUT2D eigenvalue weighted by molar-refractivity contribution is -0.164. The maximum atomic E-state index is 11.7. The van der Waals surface area contributed by atoms with Crippen molar-refractivity contribution in [3.8, 4) is 0 Å². The highest BCUT2D eigenvalue weighted by Crippen LogP contribution is 2.23. The van der Waals surface area contributed by atoms with Gasteiger partial charge in [0.2, 0.25) is 0 Å². The molecule has 0 spiro atoms. The zero-order chi connectivity index (χ0) is 26.3. The molecule has 0 radical (unpaired) electrons. The first-order valence-corrected chi connectivity index (χ1v) is 11.2. The molecule has 0 aliphatic heterocycles. The van der Waals surface area contributed by atoms with E-state index in [-0.39, 0.29) is 12.7 Å². The molecule has 0 aliphatic rings. The fraction of sp³-hybridized carbons (Fsp3) is 0.826. The summed E-state index contributed by atoms with van der Waals surface area (Å²) in [4.78, 5) is 45.5. The van der Waals surface area contributed by atoms with E-state index in [1.165, 1.54) is 14.2 Å². The smallest absolute Gasteiger partial charge is 0.310 e. The van der Waals surface area contributed by atoms with E-state index in [1.807, 2.05) is 13.8 Å². The molecule has 2 N–H and O–H groups in total. The van der Waals surface area contributed by atoms with Crippen LogP contribution in [0.15, 0.2) is 0 Å². The summed E-state index contributed by atoms with van der Waals surface area (Å²) in [6, 6.07) is 0. The average molecular weight is 479 g/mol. The van der Waals surface area contributed by atoms with Gasteiger partial charge in [0.15, 0.2) is 0 Å². The molecule has 0 aliphatic carbocycles.